The average molecular weight is 441 g/mol. The highest BCUT2D eigenvalue weighted by molar-refractivity contribution is 5.80. The number of nitrogens with one attached hydrogen (secondary N) is 3. The number of aryl methyl sites for hydroxylation is 1. The number of aliphatic imine (C=N–C) groups is 1. The molecule has 1 amide bonds. The minimum absolute atomic E-state index is 0.116. The molecule has 3 rings (SSSR count). The number of hydrogen-bond acceptors (Lipinski definition) is 5. The molecule has 1 saturated heterocycles. The van der Waals surface area contributed by atoms with E-state index in [0.717, 1.165) is 62.7 Å². The van der Waals surface area contributed by atoms with Crippen molar-refractivity contribution >= 4 is 11.9 Å². The van der Waals surface area contributed by atoms with Gasteiger partial charge in [0, 0.05) is 37.8 Å². The SMILES string of the molecule is CCCNC(=O)CN1CCC(NC(=NCc2coc(-c3ccc(C)cc3)n2)NCC)CC1. The predicted octanol–water partition coefficient (Wildman–Crippen LogP) is 2.70. The van der Waals surface area contributed by atoms with E-state index in [-0.39, 0.29) is 5.91 Å². The number of guanidine groups is 1. The predicted molar refractivity (Wildman–Crippen MR) is 127 cm³/mol. The van der Waals surface area contributed by atoms with Gasteiger partial charge in [-0.1, -0.05) is 24.6 Å². The van der Waals surface area contributed by atoms with Gasteiger partial charge in [-0.15, -0.1) is 0 Å². The molecule has 3 N–H and O–H groups in total. The molecule has 0 radical (unpaired) electrons. The Hall–Kier alpha value is -2.87. The maximum atomic E-state index is 11.9. The van der Waals surface area contributed by atoms with Crippen molar-refractivity contribution in [1.29, 1.82) is 0 Å². The van der Waals surface area contributed by atoms with Crippen LogP contribution in [-0.4, -0.2) is 60.5 Å². The van der Waals surface area contributed by atoms with Gasteiger partial charge >= 0.3 is 0 Å². The number of benzene rings is 1. The van der Waals surface area contributed by atoms with E-state index in [9.17, 15) is 4.79 Å². The van der Waals surface area contributed by atoms with Crippen LogP contribution in [0.15, 0.2) is 39.9 Å². The fourth-order valence-corrected chi connectivity index (χ4v) is 3.64. The molecule has 0 spiro atoms. The van der Waals surface area contributed by atoms with E-state index in [1.165, 1.54) is 5.56 Å². The Morgan fingerprint density at radius 1 is 1.19 bits per heavy atom. The molecule has 8 nitrogen and oxygen atoms in total. The van der Waals surface area contributed by atoms with Gasteiger partial charge in [0.25, 0.3) is 0 Å². The van der Waals surface area contributed by atoms with Crippen molar-refractivity contribution in [2.45, 2.75) is 52.6 Å². The van der Waals surface area contributed by atoms with Crippen molar-refractivity contribution in [1.82, 2.24) is 25.8 Å². The molecule has 32 heavy (non-hydrogen) atoms. The van der Waals surface area contributed by atoms with Crippen LogP contribution in [0.3, 0.4) is 0 Å². The van der Waals surface area contributed by atoms with Crippen LogP contribution in [0.5, 0.6) is 0 Å². The summed E-state index contributed by atoms with van der Waals surface area (Å²) >= 11 is 0. The van der Waals surface area contributed by atoms with Gasteiger partial charge in [-0.05, 0) is 45.2 Å². The van der Waals surface area contributed by atoms with E-state index in [1.54, 1.807) is 6.26 Å². The maximum absolute atomic E-state index is 11.9. The van der Waals surface area contributed by atoms with Gasteiger partial charge in [0.2, 0.25) is 11.8 Å². The highest BCUT2D eigenvalue weighted by Gasteiger charge is 2.21. The number of oxazole rings is 1. The van der Waals surface area contributed by atoms with E-state index >= 15 is 0 Å². The molecular weight excluding hydrogens is 404 g/mol. The molecule has 2 aromatic rings. The second-order valence-electron chi connectivity index (χ2n) is 8.25. The first-order chi connectivity index (χ1) is 15.6. The number of hydrogen-bond donors (Lipinski definition) is 3. The Balaban J connectivity index is 1.49. The molecule has 1 aliphatic rings. The second kappa shape index (κ2) is 12.2. The summed E-state index contributed by atoms with van der Waals surface area (Å²) in [4.78, 5) is 23.4. The number of amides is 1. The third-order valence-electron chi connectivity index (χ3n) is 5.46. The molecule has 1 aromatic carbocycles. The highest BCUT2D eigenvalue weighted by Crippen LogP contribution is 2.19. The lowest BCUT2D eigenvalue weighted by Crippen LogP contribution is -2.50. The summed E-state index contributed by atoms with van der Waals surface area (Å²) in [5, 5.41) is 9.80. The van der Waals surface area contributed by atoms with Crippen LogP contribution in [0.1, 0.15) is 44.4 Å². The minimum Gasteiger partial charge on any atom is -0.444 e. The van der Waals surface area contributed by atoms with Crippen molar-refractivity contribution in [2.24, 2.45) is 4.99 Å². The normalized spacial score (nSPS) is 15.5. The monoisotopic (exact) mass is 440 g/mol. The Kier molecular flexibility index (Phi) is 9.10. The van der Waals surface area contributed by atoms with Gasteiger partial charge in [-0.25, -0.2) is 9.98 Å². The average Bonchev–Trinajstić information content (AvgIpc) is 3.27. The third-order valence-corrected chi connectivity index (χ3v) is 5.46. The number of aromatic nitrogens is 1. The van der Waals surface area contributed by atoms with Crippen molar-refractivity contribution < 1.29 is 9.21 Å². The lowest BCUT2D eigenvalue weighted by atomic mass is 10.1. The van der Waals surface area contributed by atoms with Gasteiger partial charge in [0.15, 0.2) is 5.96 Å². The molecular formula is C24H36N6O2. The van der Waals surface area contributed by atoms with Crippen LogP contribution in [-0.2, 0) is 11.3 Å². The Labute approximate surface area is 190 Å². The Morgan fingerprint density at radius 3 is 2.62 bits per heavy atom. The fraction of sp³-hybridized carbons (Fsp3) is 0.542. The van der Waals surface area contributed by atoms with Crippen molar-refractivity contribution in [3.8, 4) is 11.5 Å². The summed E-state index contributed by atoms with van der Waals surface area (Å²) < 4.78 is 5.64. The van der Waals surface area contributed by atoms with Crippen molar-refractivity contribution in [2.75, 3.05) is 32.7 Å². The zero-order valence-corrected chi connectivity index (χ0v) is 19.5. The number of rotatable bonds is 9. The van der Waals surface area contributed by atoms with Gasteiger partial charge in [0.1, 0.15) is 12.0 Å². The molecule has 0 aliphatic carbocycles. The minimum atomic E-state index is 0.116. The molecule has 1 aromatic heterocycles. The van der Waals surface area contributed by atoms with Crippen LogP contribution in [0.4, 0.5) is 0 Å². The molecule has 0 bridgehead atoms. The van der Waals surface area contributed by atoms with Crippen LogP contribution in [0.2, 0.25) is 0 Å². The van der Waals surface area contributed by atoms with Gasteiger partial charge in [-0.3, -0.25) is 9.69 Å². The number of carbonyl (C=O) groups excluding carboxylic acids is 1. The molecule has 1 aliphatic heterocycles. The topological polar surface area (TPSA) is 94.8 Å². The summed E-state index contributed by atoms with van der Waals surface area (Å²) in [6.07, 6.45) is 4.59. The quantitative estimate of drug-likeness (QED) is 0.410. The first-order valence-electron chi connectivity index (χ1n) is 11.6. The molecule has 8 heteroatoms. The standard InChI is InChI=1S/C24H36N6O2/c1-4-12-26-22(31)16-30-13-10-20(11-14-30)29-24(25-5-2)27-15-21-17-32-23(28-21)19-8-6-18(3)7-9-19/h6-9,17,20H,4-5,10-16H2,1-3H3,(H,26,31)(H2,25,27,29). The lowest BCUT2D eigenvalue weighted by molar-refractivity contribution is -0.122. The maximum Gasteiger partial charge on any atom is 0.234 e. The molecule has 0 atom stereocenters. The van der Waals surface area contributed by atoms with E-state index in [4.69, 9.17) is 9.41 Å². The van der Waals surface area contributed by atoms with E-state index in [0.29, 0.717) is 25.0 Å². The summed E-state index contributed by atoms with van der Waals surface area (Å²) in [5.74, 6) is 1.51. The van der Waals surface area contributed by atoms with E-state index < -0.39 is 0 Å². The number of likely N-dealkylation sites (tertiary alicyclic amines) is 1. The third kappa shape index (κ3) is 7.37. The largest absolute Gasteiger partial charge is 0.444 e. The number of nitrogens with zero attached hydrogens (tertiary/aromatic N) is 3. The van der Waals surface area contributed by atoms with Crippen LogP contribution in [0, 0.1) is 6.92 Å². The summed E-state index contributed by atoms with van der Waals surface area (Å²) in [7, 11) is 0. The molecule has 1 fully saturated rings. The summed E-state index contributed by atoms with van der Waals surface area (Å²) in [6, 6.07) is 8.46. The van der Waals surface area contributed by atoms with Gasteiger partial charge in [0.05, 0.1) is 13.1 Å². The first kappa shape index (κ1) is 23.8. The molecule has 2 heterocycles. The Morgan fingerprint density at radius 2 is 1.94 bits per heavy atom. The van der Waals surface area contributed by atoms with E-state index in [1.807, 2.05) is 24.3 Å². The molecule has 0 saturated carbocycles. The molecule has 174 valence electrons. The summed E-state index contributed by atoms with van der Waals surface area (Å²) in [5.41, 5.74) is 2.97. The smallest absolute Gasteiger partial charge is 0.234 e. The molecule has 0 unspecified atom stereocenters. The van der Waals surface area contributed by atoms with Crippen LogP contribution >= 0.6 is 0 Å². The van der Waals surface area contributed by atoms with Crippen LogP contribution < -0.4 is 16.0 Å². The summed E-state index contributed by atoms with van der Waals surface area (Å²) in [6.45, 7) is 10.4. The number of carbonyl (C=O) groups is 1. The zero-order chi connectivity index (χ0) is 22.8. The van der Waals surface area contributed by atoms with Gasteiger partial charge in [-0.2, -0.15) is 0 Å². The van der Waals surface area contributed by atoms with Crippen molar-refractivity contribution in [3.63, 3.8) is 0 Å². The number of piperidine rings is 1. The van der Waals surface area contributed by atoms with Crippen molar-refractivity contribution in [3.05, 3.63) is 41.8 Å². The Bertz CT molecular complexity index is 869. The van der Waals surface area contributed by atoms with Gasteiger partial charge < -0.3 is 20.4 Å². The fourth-order valence-electron chi connectivity index (χ4n) is 3.64. The second-order valence-corrected chi connectivity index (χ2v) is 8.25. The van der Waals surface area contributed by atoms with Crippen LogP contribution in [0.25, 0.3) is 11.5 Å². The zero-order valence-electron chi connectivity index (χ0n) is 19.5. The highest BCUT2D eigenvalue weighted by atomic mass is 16.3. The lowest BCUT2D eigenvalue weighted by Gasteiger charge is -2.32. The first-order valence-corrected chi connectivity index (χ1v) is 11.6. The van der Waals surface area contributed by atoms with E-state index in [2.05, 4.69) is 46.6 Å².